The standard InChI is InChI=1S/C66H41NO2/c1-3-16-42(17-4-1)48-36-49(43-18-5-2-6-19-43)38-50(37-48)53-26-14-30-61-63(53)57-28-13-27-56(65(57)68-61)58-41-59-64-60(29-15-31-62(64)69-66(59)55-25-12-11-24-54(55)58)67(51-34-32-44-20-7-9-22-46(44)39-51)52-35-33-45-21-8-10-23-47(45)40-52/h1-41H. The Kier molecular flexibility index (Phi) is 8.90. The van der Waals surface area contributed by atoms with E-state index in [4.69, 9.17) is 8.83 Å². The van der Waals surface area contributed by atoms with E-state index >= 15 is 0 Å². The molecule has 69 heavy (non-hydrogen) atoms. The molecule has 0 amide bonds. The summed E-state index contributed by atoms with van der Waals surface area (Å²) in [6.07, 6.45) is 0. The Bertz CT molecular complexity index is 4180. The highest BCUT2D eigenvalue weighted by Crippen LogP contribution is 2.49. The van der Waals surface area contributed by atoms with Crippen molar-refractivity contribution >= 4 is 93.3 Å². The molecule has 0 spiro atoms. The molecular formula is C66H41NO2. The van der Waals surface area contributed by atoms with Crippen molar-refractivity contribution in [3.8, 4) is 44.5 Å². The molecule has 0 radical (unpaired) electrons. The largest absolute Gasteiger partial charge is 0.455 e. The zero-order valence-electron chi connectivity index (χ0n) is 37.4. The Morgan fingerprint density at radius 2 is 0.768 bits per heavy atom. The van der Waals surface area contributed by atoms with Gasteiger partial charge < -0.3 is 13.7 Å². The number of rotatable bonds is 7. The van der Waals surface area contributed by atoms with Crippen LogP contribution in [0.25, 0.3) is 121 Å². The lowest BCUT2D eigenvalue weighted by molar-refractivity contribution is 0.670. The van der Waals surface area contributed by atoms with Gasteiger partial charge in [0.05, 0.1) is 11.1 Å². The van der Waals surface area contributed by atoms with E-state index in [9.17, 15) is 0 Å². The highest BCUT2D eigenvalue weighted by molar-refractivity contribution is 6.24. The van der Waals surface area contributed by atoms with Gasteiger partial charge in [0, 0.05) is 38.5 Å². The van der Waals surface area contributed by atoms with Crippen molar-refractivity contribution in [2.24, 2.45) is 0 Å². The first-order chi connectivity index (χ1) is 34.2. The molecule has 3 nitrogen and oxygen atoms in total. The van der Waals surface area contributed by atoms with Crippen molar-refractivity contribution in [1.29, 1.82) is 0 Å². The van der Waals surface area contributed by atoms with E-state index in [1.54, 1.807) is 0 Å². The lowest BCUT2D eigenvalue weighted by atomic mass is 9.91. The van der Waals surface area contributed by atoms with Crippen LogP contribution >= 0.6 is 0 Å². The van der Waals surface area contributed by atoms with Gasteiger partial charge in [0.25, 0.3) is 0 Å². The van der Waals surface area contributed by atoms with E-state index in [0.717, 1.165) is 94.0 Å². The molecule has 12 aromatic carbocycles. The van der Waals surface area contributed by atoms with Crippen molar-refractivity contribution in [3.63, 3.8) is 0 Å². The molecule has 0 fully saturated rings. The van der Waals surface area contributed by atoms with Crippen LogP contribution in [0.1, 0.15) is 0 Å². The fourth-order valence-electron chi connectivity index (χ4n) is 10.8. The molecule has 2 heterocycles. The molecular weight excluding hydrogens is 839 g/mol. The Balaban J connectivity index is 1.00. The topological polar surface area (TPSA) is 29.5 Å². The van der Waals surface area contributed by atoms with Crippen molar-refractivity contribution in [2.75, 3.05) is 4.90 Å². The van der Waals surface area contributed by atoms with Crippen molar-refractivity contribution in [1.82, 2.24) is 0 Å². The van der Waals surface area contributed by atoms with Gasteiger partial charge in [0.2, 0.25) is 0 Å². The summed E-state index contributed by atoms with van der Waals surface area (Å²) in [6.45, 7) is 0. The number of nitrogens with zero attached hydrogens (tertiary/aromatic N) is 1. The molecule has 14 aromatic rings. The summed E-state index contributed by atoms with van der Waals surface area (Å²) in [7, 11) is 0. The summed E-state index contributed by atoms with van der Waals surface area (Å²) in [6, 6.07) is 89.4. The van der Waals surface area contributed by atoms with E-state index in [0.29, 0.717) is 0 Å². The quantitative estimate of drug-likeness (QED) is 0.160. The van der Waals surface area contributed by atoms with Crippen LogP contribution in [-0.2, 0) is 0 Å². The number of para-hydroxylation sites is 1. The summed E-state index contributed by atoms with van der Waals surface area (Å²) in [5.74, 6) is 0. The zero-order chi connectivity index (χ0) is 45.4. The van der Waals surface area contributed by atoms with Crippen LogP contribution in [0.5, 0.6) is 0 Å². The monoisotopic (exact) mass is 879 g/mol. The molecule has 322 valence electrons. The van der Waals surface area contributed by atoms with Gasteiger partial charge in [-0.3, -0.25) is 0 Å². The van der Waals surface area contributed by atoms with Crippen LogP contribution in [0.4, 0.5) is 17.1 Å². The average molecular weight is 880 g/mol. The summed E-state index contributed by atoms with van der Waals surface area (Å²) >= 11 is 0. The normalized spacial score (nSPS) is 11.8. The van der Waals surface area contributed by atoms with Gasteiger partial charge in [-0.05, 0) is 133 Å². The number of benzene rings is 12. The van der Waals surface area contributed by atoms with Gasteiger partial charge in [0.1, 0.15) is 22.3 Å². The van der Waals surface area contributed by atoms with E-state index in [-0.39, 0.29) is 0 Å². The average Bonchev–Trinajstić information content (AvgIpc) is 4.01. The van der Waals surface area contributed by atoms with Gasteiger partial charge >= 0.3 is 0 Å². The number of hydrogen-bond acceptors (Lipinski definition) is 3. The van der Waals surface area contributed by atoms with Gasteiger partial charge in [0.15, 0.2) is 0 Å². The predicted octanol–water partition coefficient (Wildman–Crippen LogP) is 19.1. The third kappa shape index (κ3) is 6.43. The summed E-state index contributed by atoms with van der Waals surface area (Å²) < 4.78 is 14.1. The van der Waals surface area contributed by atoms with Crippen LogP contribution in [0, 0.1) is 0 Å². The predicted molar refractivity (Wildman–Crippen MR) is 290 cm³/mol. The molecule has 14 rings (SSSR count). The Morgan fingerprint density at radius 1 is 0.261 bits per heavy atom. The maximum absolute atomic E-state index is 7.08. The van der Waals surface area contributed by atoms with Crippen LogP contribution in [0.15, 0.2) is 258 Å². The van der Waals surface area contributed by atoms with Crippen molar-refractivity contribution in [2.45, 2.75) is 0 Å². The number of hydrogen-bond donors (Lipinski definition) is 0. The van der Waals surface area contributed by atoms with Gasteiger partial charge in [-0.25, -0.2) is 0 Å². The number of fused-ring (bicyclic) bond motifs is 10. The van der Waals surface area contributed by atoms with Gasteiger partial charge in [-0.15, -0.1) is 0 Å². The Labute approximate surface area is 398 Å². The third-order valence-corrected chi connectivity index (χ3v) is 14.0. The molecule has 0 saturated heterocycles. The van der Waals surface area contributed by atoms with Crippen LogP contribution in [0.3, 0.4) is 0 Å². The first kappa shape index (κ1) is 39.0. The first-order valence-electron chi connectivity index (χ1n) is 23.6. The molecule has 0 aliphatic carbocycles. The highest BCUT2D eigenvalue weighted by Gasteiger charge is 2.24. The first-order valence-corrected chi connectivity index (χ1v) is 23.6. The third-order valence-electron chi connectivity index (χ3n) is 14.0. The second-order valence-electron chi connectivity index (χ2n) is 18.0. The Hall–Kier alpha value is -9.18. The lowest BCUT2D eigenvalue weighted by Gasteiger charge is -2.27. The minimum absolute atomic E-state index is 0.829. The molecule has 0 atom stereocenters. The fourth-order valence-corrected chi connectivity index (χ4v) is 10.8. The maximum Gasteiger partial charge on any atom is 0.143 e. The molecule has 2 aromatic heterocycles. The minimum atomic E-state index is 0.829. The second-order valence-corrected chi connectivity index (χ2v) is 18.0. The van der Waals surface area contributed by atoms with E-state index in [1.807, 2.05) is 0 Å². The van der Waals surface area contributed by atoms with Gasteiger partial charge in [-0.2, -0.15) is 0 Å². The fraction of sp³-hybridized carbons (Fsp3) is 0. The van der Waals surface area contributed by atoms with E-state index in [1.165, 1.54) is 43.8 Å². The zero-order valence-corrected chi connectivity index (χ0v) is 37.4. The summed E-state index contributed by atoms with van der Waals surface area (Å²) in [4.78, 5) is 2.39. The second kappa shape index (κ2) is 15.7. The van der Waals surface area contributed by atoms with Crippen LogP contribution in [0.2, 0.25) is 0 Å². The van der Waals surface area contributed by atoms with Crippen molar-refractivity contribution < 1.29 is 8.83 Å². The molecule has 0 bridgehead atoms. The molecule has 0 aliphatic heterocycles. The molecule has 0 aliphatic rings. The number of furan rings is 2. The molecule has 0 saturated carbocycles. The lowest BCUT2D eigenvalue weighted by Crippen LogP contribution is -2.10. The van der Waals surface area contributed by atoms with Crippen LogP contribution in [-0.4, -0.2) is 0 Å². The van der Waals surface area contributed by atoms with E-state index in [2.05, 4.69) is 254 Å². The SMILES string of the molecule is c1ccc(-c2cc(-c3ccccc3)cc(-c3cccc4oc5c(-c6cc7c(oc8cccc(N(c9ccc%10ccccc%10c9)c9ccc%10ccccc%10c9)c87)c7ccccc67)cccc5c34)c2)cc1. The summed E-state index contributed by atoms with van der Waals surface area (Å²) in [5, 5.41) is 11.2. The van der Waals surface area contributed by atoms with E-state index < -0.39 is 0 Å². The molecule has 0 unspecified atom stereocenters. The van der Waals surface area contributed by atoms with Gasteiger partial charge in [-0.1, -0.05) is 182 Å². The van der Waals surface area contributed by atoms with Crippen molar-refractivity contribution in [3.05, 3.63) is 249 Å². The number of anilines is 3. The minimum Gasteiger partial charge on any atom is -0.455 e. The molecule has 3 heteroatoms. The summed E-state index contributed by atoms with van der Waals surface area (Å²) in [5.41, 5.74) is 15.7. The van der Waals surface area contributed by atoms with Crippen LogP contribution < -0.4 is 4.90 Å². The maximum atomic E-state index is 7.08. The highest BCUT2D eigenvalue weighted by atomic mass is 16.3. The smallest absolute Gasteiger partial charge is 0.143 e. The Morgan fingerprint density at radius 3 is 1.43 bits per heavy atom. The molecule has 0 N–H and O–H groups in total.